The SMILES string of the molecule is CCCCCCC/C=C\C/C=C\C/C=C\CCCCCCCCC(=O)NC(COC1OC(CO)C(O)C(O)C1O)C(O)CCCCCCCCCCCCCC. The van der Waals surface area contributed by atoms with E-state index in [-0.39, 0.29) is 12.5 Å². The van der Waals surface area contributed by atoms with E-state index in [0.29, 0.717) is 12.8 Å². The number of carbonyl (C=O) groups is 1. The van der Waals surface area contributed by atoms with Crippen LogP contribution in [-0.2, 0) is 14.3 Å². The van der Waals surface area contributed by atoms with Gasteiger partial charge in [0.1, 0.15) is 24.4 Å². The fourth-order valence-electron chi connectivity index (χ4n) is 7.23. The first-order valence-corrected chi connectivity index (χ1v) is 23.2. The summed E-state index contributed by atoms with van der Waals surface area (Å²) in [7, 11) is 0. The van der Waals surface area contributed by atoms with Gasteiger partial charge in [0.25, 0.3) is 0 Å². The molecular weight excluding hydrogens is 707 g/mol. The summed E-state index contributed by atoms with van der Waals surface area (Å²) in [6.07, 6.45) is 38.6. The molecule has 1 heterocycles. The van der Waals surface area contributed by atoms with E-state index in [2.05, 4.69) is 55.6 Å². The summed E-state index contributed by atoms with van der Waals surface area (Å²) in [6.45, 7) is 3.80. The molecule has 0 bridgehead atoms. The van der Waals surface area contributed by atoms with Crippen molar-refractivity contribution in [1.29, 1.82) is 0 Å². The maximum absolute atomic E-state index is 13.0. The third-order valence-corrected chi connectivity index (χ3v) is 11.0. The van der Waals surface area contributed by atoms with Crippen molar-refractivity contribution in [3.63, 3.8) is 0 Å². The second-order valence-corrected chi connectivity index (χ2v) is 16.2. The fraction of sp³-hybridized carbons (Fsp3) is 0.851. The molecule has 9 heteroatoms. The molecule has 1 aliphatic heterocycles. The van der Waals surface area contributed by atoms with Gasteiger partial charge in [-0.2, -0.15) is 0 Å². The minimum atomic E-state index is -1.55. The maximum atomic E-state index is 13.0. The van der Waals surface area contributed by atoms with Crippen molar-refractivity contribution in [2.45, 2.75) is 243 Å². The summed E-state index contributed by atoms with van der Waals surface area (Å²) in [4.78, 5) is 13.0. The summed E-state index contributed by atoms with van der Waals surface area (Å²) in [5.41, 5.74) is 0. The molecule has 1 aliphatic rings. The van der Waals surface area contributed by atoms with Crippen LogP contribution in [0.5, 0.6) is 0 Å². The lowest BCUT2D eigenvalue weighted by Gasteiger charge is -2.40. The number of amides is 1. The van der Waals surface area contributed by atoms with Gasteiger partial charge in [0.15, 0.2) is 6.29 Å². The van der Waals surface area contributed by atoms with Gasteiger partial charge >= 0.3 is 0 Å². The van der Waals surface area contributed by atoms with Crippen LogP contribution in [0.15, 0.2) is 36.5 Å². The van der Waals surface area contributed by atoms with E-state index in [9.17, 15) is 30.3 Å². The zero-order chi connectivity index (χ0) is 40.9. The molecular formula is C47H87NO8. The first-order chi connectivity index (χ1) is 27.3. The zero-order valence-electron chi connectivity index (χ0n) is 35.9. The van der Waals surface area contributed by atoms with Crippen LogP contribution in [0.4, 0.5) is 0 Å². The molecule has 0 aromatic heterocycles. The monoisotopic (exact) mass is 794 g/mol. The molecule has 56 heavy (non-hydrogen) atoms. The Morgan fingerprint density at radius 1 is 0.607 bits per heavy atom. The van der Waals surface area contributed by atoms with Crippen LogP contribution >= 0.6 is 0 Å². The number of nitrogens with one attached hydrogen (secondary N) is 1. The van der Waals surface area contributed by atoms with Gasteiger partial charge in [-0.25, -0.2) is 0 Å². The predicted octanol–water partition coefficient (Wildman–Crippen LogP) is 9.67. The van der Waals surface area contributed by atoms with Gasteiger partial charge in [-0.3, -0.25) is 4.79 Å². The first-order valence-electron chi connectivity index (χ1n) is 23.2. The lowest BCUT2D eigenvalue weighted by molar-refractivity contribution is -0.302. The topological polar surface area (TPSA) is 149 Å². The Morgan fingerprint density at radius 3 is 1.55 bits per heavy atom. The van der Waals surface area contributed by atoms with Crippen LogP contribution in [0.1, 0.15) is 200 Å². The number of ether oxygens (including phenoxy) is 2. The number of carbonyl (C=O) groups excluding carboxylic acids is 1. The third kappa shape index (κ3) is 27.9. The lowest BCUT2D eigenvalue weighted by atomic mass is 9.99. The van der Waals surface area contributed by atoms with Crippen molar-refractivity contribution in [1.82, 2.24) is 5.32 Å². The van der Waals surface area contributed by atoms with Gasteiger partial charge in [0.05, 0.1) is 25.4 Å². The van der Waals surface area contributed by atoms with E-state index in [1.165, 1.54) is 109 Å². The van der Waals surface area contributed by atoms with Gasteiger partial charge in [-0.05, 0) is 51.4 Å². The molecule has 0 aliphatic carbocycles. The Labute approximate surface area is 342 Å². The molecule has 7 atom stereocenters. The van der Waals surface area contributed by atoms with Crippen LogP contribution < -0.4 is 5.32 Å². The van der Waals surface area contributed by atoms with Crippen molar-refractivity contribution >= 4 is 5.91 Å². The van der Waals surface area contributed by atoms with Crippen LogP contribution in [0.25, 0.3) is 0 Å². The molecule has 9 nitrogen and oxygen atoms in total. The Morgan fingerprint density at radius 2 is 1.05 bits per heavy atom. The molecule has 1 saturated heterocycles. The van der Waals surface area contributed by atoms with Crippen molar-refractivity contribution in [2.75, 3.05) is 13.2 Å². The molecule has 1 fully saturated rings. The third-order valence-electron chi connectivity index (χ3n) is 11.0. The summed E-state index contributed by atoms with van der Waals surface area (Å²) in [5, 5.41) is 54.3. The zero-order valence-corrected chi connectivity index (χ0v) is 35.9. The number of rotatable bonds is 38. The fourth-order valence-corrected chi connectivity index (χ4v) is 7.23. The Hall–Kier alpha value is -1.59. The highest BCUT2D eigenvalue weighted by atomic mass is 16.7. The molecule has 7 unspecified atom stereocenters. The molecule has 0 radical (unpaired) electrons. The van der Waals surface area contributed by atoms with Gasteiger partial charge in [0, 0.05) is 6.42 Å². The van der Waals surface area contributed by atoms with E-state index in [0.717, 1.165) is 64.2 Å². The summed E-state index contributed by atoms with van der Waals surface area (Å²) < 4.78 is 11.2. The molecule has 328 valence electrons. The highest BCUT2D eigenvalue weighted by Crippen LogP contribution is 2.23. The standard InChI is InChI=1S/C47H87NO8/c1-3-5-7-9-11-13-15-17-18-19-20-21-22-23-24-25-27-29-31-33-35-37-43(51)48-40(39-55-47-46(54)45(53)44(52)42(38-49)56-47)41(50)36-34-32-30-28-26-16-14-12-10-8-6-4-2/h15,17,19-20,22-23,40-42,44-47,49-50,52-54H,3-14,16,18,21,24-39H2,1-2H3,(H,48,51)/b17-15-,20-19-,23-22-. The van der Waals surface area contributed by atoms with Crippen LogP contribution in [0.3, 0.4) is 0 Å². The van der Waals surface area contributed by atoms with Gasteiger partial charge in [-0.15, -0.1) is 0 Å². The Balaban J connectivity index is 2.32. The Bertz CT molecular complexity index is 972. The normalized spacial score (nSPS) is 21.4. The average molecular weight is 794 g/mol. The molecule has 1 rings (SSSR count). The molecule has 0 aromatic carbocycles. The molecule has 1 amide bonds. The number of hydrogen-bond acceptors (Lipinski definition) is 8. The van der Waals surface area contributed by atoms with E-state index < -0.39 is 49.5 Å². The van der Waals surface area contributed by atoms with Gasteiger partial charge in [-0.1, -0.05) is 179 Å². The van der Waals surface area contributed by atoms with Crippen molar-refractivity contribution in [2.24, 2.45) is 0 Å². The number of unbranched alkanes of at least 4 members (excludes halogenated alkanes) is 22. The second-order valence-electron chi connectivity index (χ2n) is 16.2. The number of allylic oxidation sites excluding steroid dienone is 6. The largest absolute Gasteiger partial charge is 0.394 e. The smallest absolute Gasteiger partial charge is 0.220 e. The van der Waals surface area contributed by atoms with Crippen LogP contribution in [0.2, 0.25) is 0 Å². The van der Waals surface area contributed by atoms with Crippen LogP contribution in [0, 0.1) is 0 Å². The summed E-state index contributed by atoms with van der Waals surface area (Å²) in [5.74, 6) is -0.158. The minimum absolute atomic E-state index is 0.144. The highest BCUT2D eigenvalue weighted by molar-refractivity contribution is 5.76. The van der Waals surface area contributed by atoms with Gasteiger partial charge < -0.3 is 40.3 Å². The van der Waals surface area contributed by atoms with E-state index in [4.69, 9.17) is 9.47 Å². The van der Waals surface area contributed by atoms with E-state index in [1.54, 1.807) is 0 Å². The highest BCUT2D eigenvalue weighted by Gasteiger charge is 2.44. The van der Waals surface area contributed by atoms with Crippen molar-refractivity contribution < 1.29 is 39.8 Å². The number of hydrogen-bond donors (Lipinski definition) is 6. The maximum Gasteiger partial charge on any atom is 0.220 e. The van der Waals surface area contributed by atoms with E-state index >= 15 is 0 Å². The summed E-state index contributed by atoms with van der Waals surface area (Å²) >= 11 is 0. The first kappa shape index (κ1) is 52.4. The molecule has 6 N–H and O–H groups in total. The summed E-state index contributed by atoms with van der Waals surface area (Å²) in [6, 6.07) is -0.724. The molecule has 0 saturated carbocycles. The molecule has 0 aromatic rings. The number of aliphatic hydroxyl groups excluding tert-OH is 5. The minimum Gasteiger partial charge on any atom is -0.394 e. The quantitative estimate of drug-likeness (QED) is 0.0268. The van der Waals surface area contributed by atoms with Crippen molar-refractivity contribution in [3.8, 4) is 0 Å². The number of aliphatic hydroxyl groups is 5. The lowest BCUT2D eigenvalue weighted by Crippen LogP contribution is -2.60. The van der Waals surface area contributed by atoms with Crippen molar-refractivity contribution in [3.05, 3.63) is 36.5 Å². The van der Waals surface area contributed by atoms with Crippen LogP contribution in [-0.4, -0.2) is 87.5 Å². The predicted molar refractivity (Wildman–Crippen MR) is 230 cm³/mol. The van der Waals surface area contributed by atoms with Gasteiger partial charge in [0.2, 0.25) is 5.91 Å². The van der Waals surface area contributed by atoms with E-state index in [1.807, 2.05) is 0 Å². The second kappa shape index (κ2) is 37.7. The molecule has 0 spiro atoms. The Kier molecular flexibility index (Phi) is 35.3. The average Bonchev–Trinajstić information content (AvgIpc) is 3.20.